The average molecular weight is 1480 g/mol. The summed E-state index contributed by atoms with van der Waals surface area (Å²) >= 11 is 0. The largest absolute Gasteiger partial charge is 0.291 e. The van der Waals surface area contributed by atoms with Crippen LogP contribution in [0.15, 0.2) is 353 Å². The topological polar surface area (TPSA) is 82.3 Å². The Morgan fingerprint density at radius 1 is 0.248 bits per heavy atom. The molecule has 7 heteroatoms. The Morgan fingerprint density at radius 2 is 0.681 bits per heavy atom. The summed E-state index contributed by atoms with van der Waals surface area (Å²) in [7, 11) is 0. The van der Waals surface area contributed by atoms with Gasteiger partial charge in [-0.3, -0.25) is 29.5 Å². The zero-order valence-electron chi connectivity index (χ0n) is 68.1. The molecule has 6 heterocycles. The van der Waals surface area contributed by atoms with Gasteiger partial charge in [0.2, 0.25) is 0 Å². The molecule has 0 N–H and O–H groups in total. The number of aromatic nitrogens is 7. The monoisotopic (exact) mass is 1470 g/mol. The first-order valence-corrected chi connectivity index (χ1v) is 39.3. The Bertz CT molecular complexity index is 5950. The van der Waals surface area contributed by atoms with Crippen molar-refractivity contribution in [3.8, 4) is 84.1 Å². The van der Waals surface area contributed by atoms with Crippen molar-refractivity contribution in [1.82, 2.24) is 34.5 Å². The van der Waals surface area contributed by atoms with Gasteiger partial charge < -0.3 is 0 Å². The van der Waals surface area contributed by atoms with Gasteiger partial charge in [0.25, 0.3) is 0 Å². The van der Waals surface area contributed by atoms with Crippen LogP contribution in [-0.2, 0) is 27.1 Å². The molecule has 0 aliphatic heterocycles. The summed E-state index contributed by atoms with van der Waals surface area (Å²) in [5, 5.41) is 6.35. The average Bonchev–Trinajstić information content (AvgIpc) is 1.46. The number of imidazole rings is 1. The summed E-state index contributed by atoms with van der Waals surface area (Å²) in [6.45, 7) is 33.7. The molecule has 7 nitrogen and oxygen atoms in total. The minimum Gasteiger partial charge on any atom is -0.291 e. The van der Waals surface area contributed by atoms with Gasteiger partial charge >= 0.3 is 0 Å². The number of nitrogens with zero attached hydrogens (tertiary/aromatic N) is 7. The maximum Gasteiger partial charge on any atom is 0.164 e. The van der Waals surface area contributed by atoms with E-state index < -0.39 is 0 Å². The van der Waals surface area contributed by atoms with Crippen LogP contribution in [0.2, 0.25) is 0 Å². The van der Waals surface area contributed by atoms with Crippen molar-refractivity contribution in [1.29, 1.82) is 0 Å². The van der Waals surface area contributed by atoms with Crippen molar-refractivity contribution >= 4 is 43.5 Å². The molecule has 6 aromatic heterocycles. The van der Waals surface area contributed by atoms with E-state index in [0.717, 1.165) is 45.0 Å². The van der Waals surface area contributed by atoms with Crippen LogP contribution in [0, 0.1) is 0 Å². The molecule has 0 aliphatic rings. The molecule has 0 saturated heterocycles. The van der Waals surface area contributed by atoms with Crippen molar-refractivity contribution in [3.63, 3.8) is 0 Å². The molecular weight excluding hydrogens is 1370 g/mol. The number of hydrogen-bond donors (Lipinski definition) is 0. The molecule has 0 radical (unpaired) electrons. The molecule has 0 amide bonds. The van der Waals surface area contributed by atoms with Crippen molar-refractivity contribution in [2.75, 3.05) is 0 Å². The molecule has 562 valence electrons. The van der Waals surface area contributed by atoms with Gasteiger partial charge in [-0.1, -0.05) is 328 Å². The second-order valence-electron chi connectivity index (χ2n) is 34.2. The second-order valence-corrected chi connectivity index (χ2v) is 34.2. The van der Waals surface area contributed by atoms with E-state index in [-0.39, 0.29) is 27.1 Å². The molecule has 11 aromatic carbocycles. The summed E-state index contributed by atoms with van der Waals surface area (Å²) in [5.74, 6) is 0.851. The van der Waals surface area contributed by atoms with E-state index in [0.29, 0.717) is 0 Å². The zero-order chi connectivity index (χ0) is 79.5. The molecule has 0 atom stereocenters. The van der Waals surface area contributed by atoms with Crippen LogP contribution >= 0.6 is 0 Å². The van der Waals surface area contributed by atoms with E-state index >= 15 is 0 Å². The molecular formula is C106H103N7. The molecule has 0 fully saturated rings. The molecule has 0 unspecified atom stereocenters. The molecule has 113 heavy (non-hydrogen) atoms. The van der Waals surface area contributed by atoms with Gasteiger partial charge in [0.05, 0.1) is 22.2 Å². The zero-order valence-corrected chi connectivity index (χ0v) is 68.1. The van der Waals surface area contributed by atoms with Crippen molar-refractivity contribution in [2.24, 2.45) is 0 Å². The van der Waals surface area contributed by atoms with Crippen LogP contribution in [-0.4, -0.2) is 34.5 Å². The van der Waals surface area contributed by atoms with Crippen LogP contribution in [0.3, 0.4) is 0 Å². The lowest BCUT2D eigenvalue weighted by Gasteiger charge is -2.22. The Morgan fingerprint density at radius 3 is 1.26 bits per heavy atom. The Kier molecular flexibility index (Phi) is 23.6. The quantitative estimate of drug-likeness (QED) is 0.141. The first kappa shape index (κ1) is 78.5. The van der Waals surface area contributed by atoms with Crippen LogP contribution in [0.4, 0.5) is 0 Å². The van der Waals surface area contributed by atoms with Gasteiger partial charge in [0, 0.05) is 71.1 Å². The van der Waals surface area contributed by atoms with Gasteiger partial charge in [0.1, 0.15) is 5.69 Å². The summed E-state index contributed by atoms with van der Waals surface area (Å²) in [6.07, 6.45) is 13.0. The van der Waals surface area contributed by atoms with E-state index in [9.17, 15) is 0 Å². The number of benzene rings is 11. The third-order valence-electron chi connectivity index (χ3n) is 20.6. The fraction of sp³-hybridized carbons (Fsp3) is 0.189. The van der Waals surface area contributed by atoms with E-state index in [1.807, 2.05) is 104 Å². The minimum atomic E-state index is 0.0552. The maximum absolute atomic E-state index is 4.88. The van der Waals surface area contributed by atoms with Gasteiger partial charge in [-0.05, 0) is 206 Å². The van der Waals surface area contributed by atoms with Crippen molar-refractivity contribution < 1.29 is 0 Å². The van der Waals surface area contributed by atoms with E-state index in [2.05, 4.69) is 376 Å². The van der Waals surface area contributed by atoms with Gasteiger partial charge in [-0.2, -0.15) is 0 Å². The number of rotatable bonds is 8. The second kappa shape index (κ2) is 34.0. The smallest absolute Gasteiger partial charge is 0.164 e. The lowest BCUT2D eigenvalue weighted by atomic mass is 9.82. The van der Waals surface area contributed by atoms with Crippen LogP contribution < -0.4 is 0 Å². The van der Waals surface area contributed by atoms with Crippen LogP contribution in [0.5, 0.6) is 0 Å². The Balaban J connectivity index is 0.000000127. The van der Waals surface area contributed by atoms with Gasteiger partial charge in [-0.15, -0.1) is 0 Å². The number of para-hydroxylation sites is 3. The highest BCUT2D eigenvalue weighted by Crippen LogP contribution is 2.41. The third kappa shape index (κ3) is 19.2. The maximum atomic E-state index is 4.88. The van der Waals surface area contributed by atoms with Crippen LogP contribution in [0.25, 0.3) is 128 Å². The standard InChI is InChI=1S/C29H25N.C28H25N3.C19H19N.2C15H17N/c1-29(2,3)24-16-22(21-10-8-14-30-19-21)15-23(17-24)28-18-20-9-4-5-11-25(20)26-12-6-7-13-27(26)28;1-28(2,3)22-10-8-9-21(19-22)20-14-16-23(17-15-20)31-26-13-5-4-11-24(26)30-27(31)25-12-6-7-18-29-25;1-19(2,3)16-10-4-8-15(13-16)17-11-5-7-14-9-6-12-20-18(14)17;1-15(2,3)14-8-4-6-12(10-14)13-7-5-9-16-11-13;1-15(2,3)13-8-6-7-12(11-13)14-9-4-5-10-16-14/h4-19H,1-3H3;4-19H,1-3H3;4-13H,1-3H3;2*4-11H,1-3H3. The highest BCUT2D eigenvalue weighted by Gasteiger charge is 2.22. The molecule has 0 saturated carbocycles. The summed E-state index contributed by atoms with van der Waals surface area (Å²) < 4.78 is 2.19. The first-order valence-electron chi connectivity index (χ1n) is 39.3. The normalized spacial score (nSPS) is 11.7. The highest BCUT2D eigenvalue weighted by atomic mass is 15.1. The van der Waals surface area contributed by atoms with E-state index in [1.165, 1.54) is 110 Å². The first-order chi connectivity index (χ1) is 54.2. The van der Waals surface area contributed by atoms with Crippen LogP contribution in [0.1, 0.15) is 132 Å². The fourth-order valence-electron chi connectivity index (χ4n) is 14.0. The molecule has 17 aromatic rings. The SMILES string of the molecule is CC(C)(C)c1cc(-c2cccnc2)cc(-c2cc3ccccc3c3ccccc23)c1.CC(C)(C)c1cccc(-c2ccc(-n3c(-c4ccccn4)nc4ccccc43)cc2)c1.CC(C)(C)c1cccc(-c2cccc3cccnc23)c1.CC(C)(C)c1cccc(-c2ccccn2)c1.CC(C)(C)c1cccc(-c2cccnc2)c1. The predicted molar refractivity (Wildman–Crippen MR) is 480 cm³/mol. The summed E-state index contributed by atoms with van der Waals surface area (Å²) in [4.78, 5) is 26.8. The molecule has 0 aliphatic carbocycles. The Hall–Kier alpha value is -12.6. The fourth-order valence-corrected chi connectivity index (χ4v) is 14.0. The highest BCUT2D eigenvalue weighted by molar-refractivity contribution is 6.14. The Labute approximate surface area is 669 Å². The van der Waals surface area contributed by atoms with Gasteiger partial charge in [0.15, 0.2) is 5.82 Å². The van der Waals surface area contributed by atoms with Crippen molar-refractivity contribution in [2.45, 2.75) is 131 Å². The molecule has 17 rings (SSSR count). The molecule has 0 spiro atoms. The summed E-state index contributed by atoms with van der Waals surface area (Å²) in [5.41, 5.74) is 26.9. The number of hydrogen-bond acceptors (Lipinski definition) is 6. The minimum absolute atomic E-state index is 0.0552. The number of fused-ring (bicyclic) bond motifs is 5. The lowest BCUT2D eigenvalue weighted by molar-refractivity contribution is 0.590. The predicted octanol–water partition coefficient (Wildman–Crippen LogP) is 28.4. The third-order valence-corrected chi connectivity index (χ3v) is 20.6. The lowest BCUT2D eigenvalue weighted by Crippen LogP contribution is -2.11. The number of pyridine rings is 5. The van der Waals surface area contributed by atoms with Gasteiger partial charge in [-0.25, -0.2) is 4.98 Å². The van der Waals surface area contributed by atoms with E-state index in [4.69, 9.17) is 4.98 Å². The van der Waals surface area contributed by atoms with Crippen molar-refractivity contribution in [3.05, 3.63) is 381 Å². The molecule has 0 bridgehead atoms. The van der Waals surface area contributed by atoms with E-state index in [1.54, 1.807) is 6.20 Å². The summed E-state index contributed by atoms with van der Waals surface area (Å²) in [6, 6.07) is 109.